The highest BCUT2D eigenvalue weighted by Crippen LogP contribution is 2.27. The van der Waals surface area contributed by atoms with Gasteiger partial charge in [0.2, 0.25) is 11.8 Å². The van der Waals surface area contributed by atoms with Crippen LogP contribution in [0.4, 0.5) is 4.39 Å². The Morgan fingerprint density at radius 3 is 2.53 bits per heavy atom. The summed E-state index contributed by atoms with van der Waals surface area (Å²) in [6.07, 6.45) is 1.14. The van der Waals surface area contributed by atoms with Gasteiger partial charge in [0.05, 0.1) is 6.07 Å². The molecule has 17 heavy (non-hydrogen) atoms. The standard InChI is InChI=1S/C13H13FN2O/c1-8-4-9(2)10(3)11(5-8)17-13-6-12(14)15-7-16-13/h4-7H,1-3H3. The molecule has 0 fully saturated rings. The molecule has 0 saturated carbocycles. The van der Waals surface area contributed by atoms with E-state index in [9.17, 15) is 4.39 Å². The van der Waals surface area contributed by atoms with Gasteiger partial charge in [-0.15, -0.1) is 0 Å². The molecule has 88 valence electrons. The van der Waals surface area contributed by atoms with Crippen molar-refractivity contribution in [2.24, 2.45) is 0 Å². The summed E-state index contributed by atoms with van der Waals surface area (Å²) in [4.78, 5) is 7.24. The fourth-order valence-electron chi connectivity index (χ4n) is 1.59. The minimum absolute atomic E-state index is 0.214. The molecule has 2 aromatic rings. The summed E-state index contributed by atoms with van der Waals surface area (Å²) >= 11 is 0. The van der Waals surface area contributed by atoms with E-state index in [2.05, 4.69) is 16.0 Å². The van der Waals surface area contributed by atoms with E-state index in [1.165, 1.54) is 0 Å². The molecule has 0 aliphatic carbocycles. The summed E-state index contributed by atoms with van der Waals surface area (Å²) in [7, 11) is 0. The molecule has 0 N–H and O–H groups in total. The molecule has 0 bridgehead atoms. The van der Waals surface area contributed by atoms with Crippen LogP contribution in [0.5, 0.6) is 11.6 Å². The Bertz CT molecular complexity index is 555. The molecule has 3 nitrogen and oxygen atoms in total. The molecule has 0 aliphatic heterocycles. The van der Waals surface area contributed by atoms with Gasteiger partial charge in [0.25, 0.3) is 0 Å². The van der Waals surface area contributed by atoms with Crippen LogP contribution in [0.3, 0.4) is 0 Å². The smallest absolute Gasteiger partial charge is 0.225 e. The van der Waals surface area contributed by atoms with Crippen molar-refractivity contribution < 1.29 is 9.13 Å². The molecule has 2 rings (SSSR count). The molecule has 0 saturated heterocycles. The van der Waals surface area contributed by atoms with Crippen LogP contribution in [0.1, 0.15) is 16.7 Å². The van der Waals surface area contributed by atoms with E-state index in [1.54, 1.807) is 0 Å². The summed E-state index contributed by atoms with van der Waals surface area (Å²) in [5, 5.41) is 0. The van der Waals surface area contributed by atoms with Gasteiger partial charge in [-0.1, -0.05) is 6.07 Å². The van der Waals surface area contributed by atoms with Crippen LogP contribution in [-0.2, 0) is 0 Å². The van der Waals surface area contributed by atoms with Gasteiger partial charge < -0.3 is 4.74 Å². The molecule has 1 aromatic carbocycles. The van der Waals surface area contributed by atoms with Gasteiger partial charge in [0, 0.05) is 0 Å². The van der Waals surface area contributed by atoms with Gasteiger partial charge in [-0.05, 0) is 43.5 Å². The monoisotopic (exact) mass is 232 g/mol. The average Bonchev–Trinajstić information content (AvgIpc) is 2.25. The zero-order chi connectivity index (χ0) is 12.4. The van der Waals surface area contributed by atoms with Crippen LogP contribution < -0.4 is 4.74 Å². The third kappa shape index (κ3) is 2.58. The lowest BCUT2D eigenvalue weighted by molar-refractivity contribution is 0.447. The maximum absolute atomic E-state index is 12.9. The normalized spacial score (nSPS) is 10.4. The Balaban J connectivity index is 2.36. The Morgan fingerprint density at radius 1 is 1.06 bits per heavy atom. The first-order valence-electron chi connectivity index (χ1n) is 5.29. The highest BCUT2D eigenvalue weighted by molar-refractivity contribution is 5.43. The molecule has 0 aliphatic rings. The first-order chi connectivity index (χ1) is 8.06. The molecule has 0 atom stereocenters. The first kappa shape index (κ1) is 11.5. The van der Waals surface area contributed by atoms with Crippen LogP contribution >= 0.6 is 0 Å². The van der Waals surface area contributed by atoms with Crippen LogP contribution in [0.15, 0.2) is 24.5 Å². The number of hydrogen-bond donors (Lipinski definition) is 0. The maximum Gasteiger partial charge on any atom is 0.225 e. The zero-order valence-corrected chi connectivity index (χ0v) is 9.99. The number of ether oxygens (including phenoxy) is 1. The number of aromatic nitrogens is 2. The molecular formula is C13H13FN2O. The van der Waals surface area contributed by atoms with Crippen LogP contribution in [0.2, 0.25) is 0 Å². The lowest BCUT2D eigenvalue weighted by atomic mass is 10.1. The van der Waals surface area contributed by atoms with Gasteiger partial charge in [0.1, 0.15) is 12.1 Å². The quantitative estimate of drug-likeness (QED) is 0.745. The second kappa shape index (κ2) is 4.49. The predicted molar refractivity (Wildman–Crippen MR) is 62.7 cm³/mol. The molecule has 0 unspecified atom stereocenters. The van der Waals surface area contributed by atoms with Crippen molar-refractivity contribution in [2.75, 3.05) is 0 Å². The van der Waals surface area contributed by atoms with Gasteiger partial charge in [0.15, 0.2) is 0 Å². The lowest BCUT2D eigenvalue weighted by Crippen LogP contribution is -1.95. The molecule has 0 spiro atoms. The summed E-state index contributed by atoms with van der Waals surface area (Å²) in [6.45, 7) is 5.96. The number of hydrogen-bond acceptors (Lipinski definition) is 3. The van der Waals surface area contributed by atoms with Crippen molar-refractivity contribution in [3.05, 3.63) is 47.2 Å². The van der Waals surface area contributed by atoms with E-state index >= 15 is 0 Å². The van der Waals surface area contributed by atoms with Crippen LogP contribution in [0, 0.1) is 26.7 Å². The van der Waals surface area contributed by atoms with E-state index in [-0.39, 0.29) is 5.88 Å². The summed E-state index contributed by atoms with van der Waals surface area (Å²) < 4.78 is 18.5. The lowest BCUT2D eigenvalue weighted by Gasteiger charge is -2.10. The summed E-state index contributed by atoms with van der Waals surface area (Å²) in [5.74, 6) is 0.309. The highest BCUT2D eigenvalue weighted by atomic mass is 19.1. The van der Waals surface area contributed by atoms with Crippen molar-refractivity contribution >= 4 is 0 Å². The number of aryl methyl sites for hydroxylation is 2. The van der Waals surface area contributed by atoms with Crippen LogP contribution in [-0.4, -0.2) is 9.97 Å². The van der Waals surface area contributed by atoms with E-state index in [4.69, 9.17) is 4.74 Å². The molecular weight excluding hydrogens is 219 g/mol. The van der Waals surface area contributed by atoms with Gasteiger partial charge >= 0.3 is 0 Å². The van der Waals surface area contributed by atoms with Crippen molar-refractivity contribution in [3.63, 3.8) is 0 Å². The minimum atomic E-state index is -0.600. The second-order valence-electron chi connectivity index (χ2n) is 3.99. The summed E-state index contributed by atoms with van der Waals surface area (Å²) in [6, 6.07) is 5.14. The van der Waals surface area contributed by atoms with Crippen LogP contribution in [0.25, 0.3) is 0 Å². The van der Waals surface area contributed by atoms with Gasteiger partial charge in [-0.25, -0.2) is 9.97 Å². The third-order valence-corrected chi connectivity index (χ3v) is 2.59. The maximum atomic E-state index is 12.9. The number of nitrogens with zero attached hydrogens (tertiary/aromatic N) is 2. The van der Waals surface area contributed by atoms with E-state index in [0.29, 0.717) is 5.75 Å². The Kier molecular flexibility index (Phi) is 3.04. The molecule has 1 aromatic heterocycles. The fourth-order valence-corrected chi connectivity index (χ4v) is 1.59. The van der Waals surface area contributed by atoms with E-state index in [0.717, 1.165) is 29.1 Å². The Hall–Kier alpha value is -1.97. The van der Waals surface area contributed by atoms with Gasteiger partial charge in [-0.2, -0.15) is 4.39 Å². The topological polar surface area (TPSA) is 35.0 Å². The Morgan fingerprint density at radius 2 is 1.82 bits per heavy atom. The predicted octanol–water partition coefficient (Wildman–Crippen LogP) is 3.33. The van der Waals surface area contributed by atoms with Crippen molar-refractivity contribution in [2.45, 2.75) is 20.8 Å². The molecule has 1 heterocycles. The zero-order valence-electron chi connectivity index (χ0n) is 9.99. The highest BCUT2D eigenvalue weighted by Gasteiger charge is 2.07. The Labute approximate surface area is 99.3 Å². The second-order valence-corrected chi connectivity index (χ2v) is 3.99. The van der Waals surface area contributed by atoms with E-state index in [1.807, 2.05) is 26.8 Å². The number of rotatable bonds is 2. The first-order valence-corrected chi connectivity index (χ1v) is 5.29. The average molecular weight is 232 g/mol. The number of halogens is 1. The van der Waals surface area contributed by atoms with Crippen molar-refractivity contribution in [3.8, 4) is 11.6 Å². The number of benzene rings is 1. The molecule has 0 amide bonds. The van der Waals surface area contributed by atoms with Crippen molar-refractivity contribution in [1.29, 1.82) is 0 Å². The fraction of sp³-hybridized carbons (Fsp3) is 0.231. The van der Waals surface area contributed by atoms with Crippen molar-refractivity contribution in [1.82, 2.24) is 9.97 Å². The SMILES string of the molecule is Cc1cc(C)c(C)c(Oc2cc(F)ncn2)c1. The molecule has 0 radical (unpaired) electrons. The van der Waals surface area contributed by atoms with E-state index < -0.39 is 5.95 Å². The van der Waals surface area contributed by atoms with Gasteiger partial charge in [-0.3, -0.25) is 0 Å². The third-order valence-electron chi connectivity index (χ3n) is 2.59. The largest absolute Gasteiger partial charge is 0.439 e. The minimum Gasteiger partial charge on any atom is -0.439 e. The summed E-state index contributed by atoms with van der Waals surface area (Å²) in [5.41, 5.74) is 3.25. The molecule has 4 heteroatoms.